The molecule has 0 atom stereocenters. The molecule has 0 aliphatic rings. The lowest BCUT2D eigenvalue weighted by Crippen LogP contribution is -2.17. The second-order valence-corrected chi connectivity index (χ2v) is 2.02. The molecule has 0 rings (SSSR count). The third-order valence-corrected chi connectivity index (χ3v) is 0.947. The first-order chi connectivity index (χ1) is 5.77. The average Bonchev–Trinajstić information content (AvgIpc) is 2.02. The molecule has 0 saturated heterocycles. The largest absolute Gasteiger partial charge is 0.392 e. The number of aliphatic hydroxyl groups is 1. The molecule has 0 spiro atoms. The predicted octanol–water partition coefficient (Wildman–Crippen LogP) is -0.407. The Bertz CT molecular complexity index is 175. The van der Waals surface area contributed by atoms with Crippen LogP contribution >= 0.6 is 0 Å². The lowest BCUT2D eigenvalue weighted by molar-refractivity contribution is -0.122. The Balaban J connectivity index is 3.24. The summed E-state index contributed by atoms with van der Waals surface area (Å²) in [4.78, 5) is 10.2. The maximum absolute atomic E-state index is 10.2. The van der Waals surface area contributed by atoms with Crippen molar-refractivity contribution in [2.75, 3.05) is 19.8 Å². The van der Waals surface area contributed by atoms with Gasteiger partial charge in [-0.15, -0.1) is 0 Å². The fraction of sp³-hybridized carbons (Fsp3) is 0.375. The van der Waals surface area contributed by atoms with Crippen molar-refractivity contribution in [3.63, 3.8) is 0 Å². The Labute approximate surface area is 71.3 Å². The molecule has 0 fully saturated rings. The molecule has 4 nitrogen and oxygen atoms in total. The molecule has 0 aliphatic carbocycles. The minimum atomic E-state index is -0.477. The average molecular weight is 171 g/mol. The van der Waals surface area contributed by atoms with Gasteiger partial charge in [-0.1, -0.05) is 24.3 Å². The number of carbonyl (C=O) groups is 1. The number of ether oxygens (including phenoxy) is 1. The topological polar surface area (TPSA) is 72.6 Å². The van der Waals surface area contributed by atoms with Gasteiger partial charge in [0.25, 0.3) is 0 Å². The van der Waals surface area contributed by atoms with Crippen molar-refractivity contribution >= 4 is 5.91 Å². The van der Waals surface area contributed by atoms with Crippen molar-refractivity contribution in [3.8, 4) is 0 Å². The first kappa shape index (κ1) is 10.9. The van der Waals surface area contributed by atoms with Crippen LogP contribution in [0.25, 0.3) is 0 Å². The van der Waals surface area contributed by atoms with Gasteiger partial charge in [-0.05, 0) is 0 Å². The Hall–Kier alpha value is -1.13. The Morgan fingerprint density at radius 1 is 1.42 bits per heavy atom. The molecule has 4 heteroatoms. The summed E-state index contributed by atoms with van der Waals surface area (Å²) in [5, 5.41) is 8.33. The molecule has 68 valence electrons. The van der Waals surface area contributed by atoms with Crippen LogP contribution in [-0.4, -0.2) is 30.8 Å². The molecular weight excluding hydrogens is 158 g/mol. The first-order valence-electron chi connectivity index (χ1n) is 3.56. The number of hydrogen-bond acceptors (Lipinski definition) is 3. The van der Waals surface area contributed by atoms with E-state index in [9.17, 15) is 4.79 Å². The van der Waals surface area contributed by atoms with Crippen LogP contribution in [0.15, 0.2) is 24.3 Å². The second-order valence-electron chi connectivity index (χ2n) is 2.02. The molecule has 0 heterocycles. The summed E-state index contributed by atoms with van der Waals surface area (Å²) in [6, 6.07) is 0. The third-order valence-electron chi connectivity index (χ3n) is 0.947. The molecule has 0 aromatic rings. The maximum atomic E-state index is 10.2. The normalized spacial score (nSPS) is 11.4. The van der Waals surface area contributed by atoms with Gasteiger partial charge in [0.15, 0.2) is 0 Å². The van der Waals surface area contributed by atoms with E-state index in [2.05, 4.69) is 0 Å². The fourth-order valence-corrected chi connectivity index (χ4v) is 0.501. The van der Waals surface area contributed by atoms with E-state index in [1.807, 2.05) is 0 Å². The van der Waals surface area contributed by atoms with Crippen LogP contribution in [0.3, 0.4) is 0 Å². The fourth-order valence-electron chi connectivity index (χ4n) is 0.501. The summed E-state index contributed by atoms with van der Waals surface area (Å²) < 4.78 is 4.82. The van der Waals surface area contributed by atoms with Gasteiger partial charge in [0, 0.05) is 0 Å². The summed E-state index contributed by atoms with van der Waals surface area (Å²) in [6.45, 7) is 0.305. The van der Waals surface area contributed by atoms with E-state index in [0.717, 1.165) is 0 Å². The van der Waals surface area contributed by atoms with Gasteiger partial charge in [-0.25, -0.2) is 0 Å². The van der Waals surface area contributed by atoms with Crippen LogP contribution in [-0.2, 0) is 9.53 Å². The molecule has 0 unspecified atom stereocenters. The highest BCUT2D eigenvalue weighted by molar-refractivity contribution is 5.74. The van der Waals surface area contributed by atoms with Crippen LogP contribution < -0.4 is 5.73 Å². The predicted molar refractivity (Wildman–Crippen MR) is 45.4 cm³/mol. The first-order valence-corrected chi connectivity index (χ1v) is 3.56. The number of amides is 1. The van der Waals surface area contributed by atoms with Crippen molar-refractivity contribution in [2.45, 2.75) is 0 Å². The van der Waals surface area contributed by atoms with Crippen LogP contribution in [0.2, 0.25) is 0 Å². The van der Waals surface area contributed by atoms with Gasteiger partial charge in [-0.3, -0.25) is 4.79 Å². The van der Waals surface area contributed by atoms with Crippen LogP contribution in [0.4, 0.5) is 0 Å². The highest BCUT2D eigenvalue weighted by atomic mass is 16.5. The van der Waals surface area contributed by atoms with Crippen LogP contribution in [0.1, 0.15) is 0 Å². The van der Waals surface area contributed by atoms with E-state index in [1.165, 1.54) is 0 Å². The monoisotopic (exact) mass is 171 g/mol. The van der Waals surface area contributed by atoms with Crippen molar-refractivity contribution in [2.24, 2.45) is 5.73 Å². The zero-order valence-corrected chi connectivity index (χ0v) is 6.77. The van der Waals surface area contributed by atoms with Crippen LogP contribution in [0.5, 0.6) is 0 Å². The Kier molecular flexibility index (Phi) is 7.22. The summed E-state index contributed by atoms with van der Waals surface area (Å²) in [5.74, 6) is -0.477. The summed E-state index contributed by atoms with van der Waals surface area (Å²) in [7, 11) is 0. The van der Waals surface area contributed by atoms with Crippen molar-refractivity contribution in [3.05, 3.63) is 24.3 Å². The van der Waals surface area contributed by atoms with Crippen LogP contribution in [0, 0.1) is 0 Å². The molecule has 0 aliphatic heterocycles. The molecule has 0 bridgehead atoms. The van der Waals surface area contributed by atoms with Crippen molar-refractivity contribution < 1.29 is 14.6 Å². The van der Waals surface area contributed by atoms with E-state index in [-0.39, 0.29) is 13.2 Å². The molecule has 0 saturated carbocycles. The minimum Gasteiger partial charge on any atom is -0.392 e. The maximum Gasteiger partial charge on any atom is 0.243 e. The number of nitrogens with two attached hydrogens (primary N) is 1. The quantitative estimate of drug-likeness (QED) is 0.421. The van der Waals surface area contributed by atoms with E-state index in [4.69, 9.17) is 15.6 Å². The molecular formula is C8H13NO3. The van der Waals surface area contributed by atoms with E-state index in [0.29, 0.717) is 6.61 Å². The zero-order valence-electron chi connectivity index (χ0n) is 6.77. The second kappa shape index (κ2) is 7.97. The van der Waals surface area contributed by atoms with E-state index < -0.39 is 5.91 Å². The van der Waals surface area contributed by atoms with Gasteiger partial charge in [0.2, 0.25) is 5.91 Å². The van der Waals surface area contributed by atoms with Gasteiger partial charge >= 0.3 is 0 Å². The molecule has 0 aromatic carbocycles. The number of aliphatic hydroxyl groups excluding tert-OH is 1. The molecule has 0 radical (unpaired) electrons. The van der Waals surface area contributed by atoms with Gasteiger partial charge in [-0.2, -0.15) is 0 Å². The number of carbonyl (C=O) groups excluding carboxylic acids is 1. The zero-order chi connectivity index (χ0) is 9.23. The SMILES string of the molecule is NC(=O)COCC=CC=CCO. The molecule has 12 heavy (non-hydrogen) atoms. The third kappa shape index (κ3) is 8.87. The number of allylic oxidation sites excluding steroid dienone is 2. The standard InChI is InChI=1S/C8H13NO3/c9-8(11)7-12-6-4-2-1-3-5-10/h1-4,10H,5-7H2,(H2,9,11). The summed E-state index contributed by atoms with van der Waals surface area (Å²) >= 11 is 0. The van der Waals surface area contributed by atoms with Gasteiger partial charge in [0.05, 0.1) is 13.2 Å². The number of hydrogen-bond donors (Lipinski definition) is 2. The van der Waals surface area contributed by atoms with Crippen molar-refractivity contribution in [1.29, 1.82) is 0 Å². The van der Waals surface area contributed by atoms with Gasteiger partial charge in [0.1, 0.15) is 6.61 Å². The van der Waals surface area contributed by atoms with Crippen molar-refractivity contribution in [1.82, 2.24) is 0 Å². The molecule has 0 aromatic heterocycles. The highest BCUT2D eigenvalue weighted by Crippen LogP contribution is 1.79. The molecule has 3 N–H and O–H groups in total. The lowest BCUT2D eigenvalue weighted by atomic mass is 10.4. The highest BCUT2D eigenvalue weighted by Gasteiger charge is 1.89. The lowest BCUT2D eigenvalue weighted by Gasteiger charge is -1.93. The number of primary amides is 1. The molecule has 1 amide bonds. The van der Waals surface area contributed by atoms with E-state index in [1.54, 1.807) is 24.3 Å². The van der Waals surface area contributed by atoms with Gasteiger partial charge < -0.3 is 15.6 Å². The Morgan fingerprint density at radius 3 is 2.67 bits per heavy atom. The Morgan fingerprint density at radius 2 is 2.08 bits per heavy atom. The van der Waals surface area contributed by atoms with E-state index >= 15 is 0 Å². The minimum absolute atomic E-state index is 0.0203. The summed E-state index contributed by atoms with van der Waals surface area (Å²) in [5.41, 5.74) is 4.82. The smallest absolute Gasteiger partial charge is 0.243 e. The number of rotatable bonds is 6. The summed E-state index contributed by atoms with van der Waals surface area (Å²) in [6.07, 6.45) is 6.71.